The second-order valence-electron chi connectivity index (χ2n) is 7.38. The van der Waals surface area contributed by atoms with Crippen molar-refractivity contribution in [1.82, 2.24) is 24.9 Å². The fourth-order valence-corrected chi connectivity index (χ4v) is 3.85. The van der Waals surface area contributed by atoms with Gasteiger partial charge < -0.3 is 16.0 Å². The molecule has 2 aromatic heterocycles. The van der Waals surface area contributed by atoms with Crippen molar-refractivity contribution in [3.63, 3.8) is 0 Å². The summed E-state index contributed by atoms with van der Waals surface area (Å²) in [4.78, 5) is 23.3. The molecule has 1 aliphatic heterocycles. The number of hydrogen-bond acceptors (Lipinski definition) is 6. The van der Waals surface area contributed by atoms with E-state index in [0.717, 1.165) is 35.5 Å². The summed E-state index contributed by atoms with van der Waals surface area (Å²) in [5, 5.41) is 7.17. The molecule has 0 unspecified atom stereocenters. The van der Waals surface area contributed by atoms with Gasteiger partial charge in [0, 0.05) is 42.8 Å². The number of nitrogens with two attached hydrogens (primary N) is 1. The van der Waals surface area contributed by atoms with Crippen LogP contribution in [0.2, 0.25) is 0 Å². The average molecular weight is 379 g/mol. The van der Waals surface area contributed by atoms with E-state index >= 15 is 0 Å². The second kappa shape index (κ2) is 7.10. The number of hydrogen-bond donors (Lipinski definition) is 2. The molecule has 3 heterocycles. The lowest BCUT2D eigenvalue weighted by Gasteiger charge is -2.27. The third-order valence-electron chi connectivity index (χ3n) is 5.39. The van der Waals surface area contributed by atoms with Crippen LogP contribution in [0, 0.1) is 13.8 Å². The number of aromatic nitrogens is 4. The molecule has 28 heavy (non-hydrogen) atoms. The van der Waals surface area contributed by atoms with Gasteiger partial charge in [-0.05, 0) is 43.9 Å². The van der Waals surface area contributed by atoms with E-state index in [-0.39, 0.29) is 18.3 Å². The van der Waals surface area contributed by atoms with Crippen LogP contribution in [0.3, 0.4) is 0 Å². The molecule has 8 heteroatoms. The number of amides is 1. The molecule has 3 N–H and O–H groups in total. The van der Waals surface area contributed by atoms with Crippen molar-refractivity contribution in [3.05, 3.63) is 46.3 Å². The Morgan fingerprint density at radius 2 is 2.11 bits per heavy atom. The zero-order valence-corrected chi connectivity index (χ0v) is 16.5. The Labute approximate surface area is 163 Å². The van der Waals surface area contributed by atoms with Crippen molar-refractivity contribution >= 4 is 23.3 Å². The van der Waals surface area contributed by atoms with Gasteiger partial charge in [-0.3, -0.25) is 4.79 Å². The van der Waals surface area contributed by atoms with Crippen LogP contribution in [0.25, 0.3) is 5.78 Å². The Morgan fingerprint density at radius 1 is 1.29 bits per heavy atom. The molecule has 0 bridgehead atoms. The summed E-state index contributed by atoms with van der Waals surface area (Å²) in [6, 6.07) is 6.44. The molecular weight excluding hydrogens is 354 g/mol. The number of rotatable bonds is 4. The Hall–Kier alpha value is -3.16. The first kappa shape index (κ1) is 18.2. The lowest BCUT2D eigenvalue weighted by Crippen LogP contribution is -2.27. The van der Waals surface area contributed by atoms with Crippen molar-refractivity contribution in [2.45, 2.75) is 39.7 Å². The lowest BCUT2D eigenvalue weighted by atomic mass is 9.99. The normalized spacial score (nSPS) is 13.6. The monoisotopic (exact) mass is 379 g/mol. The van der Waals surface area contributed by atoms with Gasteiger partial charge in [-0.1, -0.05) is 12.1 Å². The van der Waals surface area contributed by atoms with E-state index in [4.69, 9.17) is 5.73 Å². The molecular formula is C20H25N7O. The zero-order valence-electron chi connectivity index (χ0n) is 16.5. The number of fused-ring (bicyclic) bond motifs is 2. The van der Waals surface area contributed by atoms with Gasteiger partial charge in [0.15, 0.2) is 0 Å². The Morgan fingerprint density at radius 3 is 2.93 bits per heavy atom. The summed E-state index contributed by atoms with van der Waals surface area (Å²) < 4.78 is 1.59. The molecule has 0 radical (unpaired) electrons. The van der Waals surface area contributed by atoms with Gasteiger partial charge in [0.1, 0.15) is 0 Å². The Bertz CT molecular complexity index is 1060. The number of anilines is 2. The molecule has 1 aromatic carbocycles. The molecule has 0 saturated carbocycles. The molecule has 3 aromatic rings. The Kier molecular flexibility index (Phi) is 4.62. The van der Waals surface area contributed by atoms with Crippen LogP contribution < -0.4 is 16.0 Å². The van der Waals surface area contributed by atoms with Gasteiger partial charge in [0.25, 0.3) is 5.78 Å². The summed E-state index contributed by atoms with van der Waals surface area (Å²) in [5.41, 5.74) is 11.9. The number of nitrogen functional groups attached to an aromatic ring is 1. The third-order valence-corrected chi connectivity index (χ3v) is 5.39. The number of benzene rings is 1. The summed E-state index contributed by atoms with van der Waals surface area (Å²) in [6.07, 6.45) is 2.50. The van der Waals surface area contributed by atoms with Crippen molar-refractivity contribution in [3.8, 4) is 0 Å². The first-order valence-corrected chi connectivity index (χ1v) is 9.50. The maximum absolute atomic E-state index is 12.6. The number of nitrogens with one attached hydrogen (secondary N) is 1. The second-order valence-corrected chi connectivity index (χ2v) is 7.38. The SMILES string of the molecule is Cc1nc2nc(N)nn2c(C)c1CC(=O)NCc1ccc2c(c1)CCCN2C. The van der Waals surface area contributed by atoms with E-state index in [0.29, 0.717) is 12.3 Å². The highest BCUT2D eigenvalue weighted by Gasteiger charge is 2.16. The van der Waals surface area contributed by atoms with E-state index in [1.165, 1.54) is 17.7 Å². The predicted molar refractivity (Wildman–Crippen MR) is 108 cm³/mol. The molecule has 0 spiro atoms. The minimum Gasteiger partial charge on any atom is -0.374 e. The van der Waals surface area contributed by atoms with Gasteiger partial charge in [-0.25, -0.2) is 4.98 Å². The summed E-state index contributed by atoms with van der Waals surface area (Å²) >= 11 is 0. The Balaban J connectivity index is 1.46. The number of nitrogens with zero attached hydrogens (tertiary/aromatic N) is 5. The highest BCUT2D eigenvalue weighted by atomic mass is 16.1. The van der Waals surface area contributed by atoms with Gasteiger partial charge in [0.05, 0.1) is 6.42 Å². The maximum Gasteiger partial charge on any atom is 0.254 e. The molecule has 0 saturated heterocycles. The van der Waals surface area contributed by atoms with Crippen LogP contribution in [-0.4, -0.2) is 39.1 Å². The smallest absolute Gasteiger partial charge is 0.254 e. The minimum atomic E-state index is -0.0460. The number of carbonyl (C=O) groups is 1. The van der Waals surface area contributed by atoms with E-state index < -0.39 is 0 Å². The quantitative estimate of drug-likeness (QED) is 0.713. The molecule has 8 nitrogen and oxygen atoms in total. The average Bonchev–Trinajstić information content (AvgIpc) is 3.04. The van der Waals surface area contributed by atoms with Crippen LogP contribution >= 0.6 is 0 Å². The van der Waals surface area contributed by atoms with Crippen molar-refractivity contribution < 1.29 is 4.79 Å². The van der Waals surface area contributed by atoms with E-state index in [9.17, 15) is 4.79 Å². The third kappa shape index (κ3) is 3.37. The minimum absolute atomic E-state index is 0.0460. The molecule has 4 rings (SSSR count). The van der Waals surface area contributed by atoms with Crippen LogP contribution in [-0.2, 0) is 24.2 Å². The highest BCUT2D eigenvalue weighted by molar-refractivity contribution is 5.79. The van der Waals surface area contributed by atoms with Gasteiger partial charge in [0.2, 0.25) is 11.9 Å². The van der Waals surface area contributed by atoms with Gasteiger partial charge >= 0.3 is 0 Å². The van der Waals surface area contributed by atoms with E-state index in [1.807, 2.05) is 13.8 Å². The molecule has 0 atom stereocenters. The molecule has 146 valence electrons. The summed E-state index contributed by atoms with van der Waals surface area (Å²) in [6.45, 7) is 5.39. The van der Waals surface area contributed by atoms with Gasteiger partial charge in [-0.15, -0.1) is 5.10 Å². The van der Waals surface area contributed by atoms with Crippen LogP contribution in [0.4, 0.5) is 11.6 Å². The van der Waals surface area contributed by atoms with Gasteiger partial charge in [-0.2, -0.15) is 9.50 Å². The van der Waals surface area contributed by atoms with Crippen LogP contribution in [0.5, 0.6) is 0 Å². The van der Waals surface area contributed by atoms with Crippen LogP contribution in [0.1, 0.15) is 34.5 Å². The summed E-state index contributed by atoms with van der Waals surface area (Å²) in [5.74, 6) is 0.584. The maximum atomic E-state index is 12.6. The molecule has 0 aliphatic carbocycles. The fraction of sp³-hybridized carbons (Fsp3) is 0.400. The standard InChI is InChI=1S/C20H25N7O/c1-12-16(13(2)27-20(23-12)24-19(21)25-27)10-18(28)22-11-14-6-7-17-15(9-14)5-4-8-26(17)3/h6-7,9H,4-5,8,10-11H2,1-3H3,(H2,21,25)(H,22,28). The van der Waals surface area contributed by atoms with E-state index in [2.05, 4.69) is 50.5 Å². The van der Waals surface area contributed by atoms with Crippen molar-refractivity contribution in [2.75, 3.05) is 24.2 Å². The predicted octanol–water partition coefficient (Wildman–Crippen LogP) is 1.56. The lowest BCUT2D eigenvalue weighted by molar-refractivity contribution is -0.120. The molecule has 1 amide bonds. The first-order valence-electron chi connectivity index (χ1n) is 9.50. The molecule has 0 fully saturated rings. The molecule has 1 aliphatic rings. The fourth-order valence-electron chi connectivity index (χ4n) is 3.85. The first-order chi connectivity index (χ1) is 13.4. The largest absolute Gasteiger partial charge is 0.374 e. The number of carbonyl (C=O) groups excluding carboxylic acids is 1. The van der Waals surface area contributed by atoms with Crippen LogP contribution in [0.15, 0.2) is 18.2 Å². The highest BCUT2D eigenvalue weighted by Crippen LogP contribution is 2.26. The topological polar surface area (TPSA) is 101 Å². The van der Waals surface area contributed by atoms with E-state index in [1.54, 1.807) is 4.52 Å². The summed E-state index contributed by atoms with van der Waals surface area (Å²) in [7, 11) is 2.12. The van der Waals surface area contributed by atoms with Crippen molar-refractivity contribution in [1.29, 1.82) is 0 Å². The van der Waals surface area contributed by atoms with Crippen molar-refractivity contribution in [2.24, 2.45) is 0 Å². The number of aryl methyl sites for hydroxylation is 3. The zero-order chi connectivity index (χ0) is 19.8.